The minimum atomic E-state index is -0.833. The normalized spacial score (nSPS) is 19.3. The Morgan fingerprint density at radius 1 is 1.52 bits per heavy atom. The van der Waals surface area contributed by atoms with Crippen molar-refractivity contribution in [2.24, 2.45) is 0 Å². The van der Waals surface area contributed by atoms with Gasteiger partial charge in [0.2, 0.25) is 0 Å². The highest BCUT2D eigenvalue weighted by molar-refractivity contribution is 5.77. The summed E-state index contributed by atoms with van der Waals surface area (Å²) in [6.45, 7) is 2.29. The average Bonchev–Trinajstić information content (AvgIpc) is 2.44. The second-order valence-corrected chi connectivity index (χ2v) is 4.92. The maximum atomic E-state index is 13.3. The van der Waals surface area contributed by atoms with Crippen LogP contribution in [0.5, 0.6) is 5.75 Å². The van der Waals surface area contributed by atoms with E-state index in [4.69, 9.17) is 9.47 Å². The summed E-state index contributed by atoms with van der Waals surface area (Å²) in [5.74, 6) is -2.06. The lowest BCUT2D eigenvalue weighted by Crippen LogP contribution is -2.46. The third kappa shape index (κ3) is 4.95. The van der Waals surface area contributed by atoms with Crippen molar-refractivity contribution in [1.82, 2.24) is 10.2 Å². The van der Waals surface area contributed by atoms with Crippen LogP contribution in [0.15, 0.2) is 18.2 Å². The topological polar surface area (TPSA) is 50.8 Å². The number of ether oxygens (including phenoxy) is 2. The zero-order valence-corrected chi connectivity index (χ0v) is 11.8. The number of rotatable bonds is 5. The molecule has 1 aromatic carbocycles. The highest BCUT2D eigenvalue weighted by Gasteiger charge is 2.18. The molecule has 0 spiro atoms. The Bertz CT molecular complexity index is 499. The zero-order valence-electron chi connectivity index (χ0n) is 11.8. The SMILES string of the molecule is CN1CCO[C@@H](CNC(=O)COc2ccc(F)cc2F)C1. The summed E-state index contributed by atoms with van der Waals surface area (Å²) < 4.78 is 36.5. The minimum absolute atomic E-state index is 0.0599. The van der Waals surface area contributed by atoms with Gasteiger partial charge in [0.05, 0.1) is 12.7 Å². The number of morpholine rings is 1. The van der Waals surface area contributed by atoms with E-state index in [-0.39, 0.29) is 24.4 Å². The third-order valence-electron chi connectivity index (χ3n) is 3.12. The number of nitrogens with zero attached hydrogens (tertiary/aromatic N) is 1. The Labute approximate surface area is 121 Å². The molecule has 0 aliphatic carbocycles. The molecule has 1 amide bonds. The van der Waals surface area contributed by atoms with Crippen LogP contribution in [0.25, 0.3) is 0 Å². The maximum absolute atomic E-state index is 13.3. The number of nitrogens with one attached hydrogen (secondary N) is 1. The van der Waals surface area contributed by atoms with Crippen LogP contribution in [0.4, 0.5) is 8.78 Å². The molecule has 0 radical (unpaired) electrons. The van der Waals surface area contributed by atoms with Crippen LogP contribution < -0.4 is 10.1 Å². The first kappa shape index (κ1) is 15.7. The molecule has 1 saturated heterocycles. The number of carbonyl (C=O) groups is 1. The lowest BCUT2D eigenvalue weighted by molar-refractivity contribution is -0.124. The highest BCUT2D eigenvalue weighted by Crippen LogP contribution is 2.17. The Kier molecular flexibility index (Phi) is 5.46. The van der Waals surface area contributed by atoms with Crippen molar-refractivity contribution < 1.29 is 23.0 Å². The molecule has 7 heteroatoms. The van der Waals surface area contributed by atoms with Crippen molar-refractivity contribution in [3.63, 3.8) is 0 Å². The number of likely N-dealkylation sites (N-methyl/N-ethyl adjacent to an activating group) is 1. The summed E-state index contributed by atoms with van der Waals surface area (Å²) in [7, 11) is 1.98. The second kappa shape index (κ2) is 7.33. The molecular weight excluding hydrogens is 282 g/mol. The predicted molar refractivity (Wildman–Crippen MR) is 72.1 cm³/mol. The third-order valence-corrected chi connectivity index (χ3v) is 3.12. The number of amides is 1. The first-order chi connectivity index (χ1) is 10.0. The fourth-order valence-corrected chi connectivity index (χ4v) is 2.00. The standard InChI is InChI=1S/C14H18F2N2O3/c1-18-4-5-20-11(8-18)7-17-14(19)9-21-13-3-2-10(15)6-12(13)16/h2-3,6,11H,4-5,7-9H2,1H3,(H,17,19)/t11-/m0/s1. The van der Waals surface area contributed by atoms with Gasteiger partial charge in [0, 0.05) is 25.7 Å². The van der Waals surface area contributed by atoms with Gasteiger partial charge in [-0.05, 0) is 19.2 Å². The summed E-state index contributed by atoms with van der Waals surface area (Å²) in [6, 6.07) is 2.93. The van der Waals surface area contributed by atoms with Crippen molar-refractivity contribution in [1.29, 1.82) is 0 Å². The van der Waals surface area contributed by atoms with Gasteiger partial charge in [0.25, 0.3) is 5.91 Å². The van der Waals surface area contributed by atoms with Crippen molar-refractivity contribution >= 4 is 5.91 Å². The Morgan fingerprint density at radius 2 is 2.33 bits per heavy atom. The molecule has 0 saturated carbocycles. The highest BCUT2D eigenvalue weighted by atomic mass is 19.1. The Balaban J connectivity index is 1.72. The molecule has 2 rings (SSSR count). The van der Waals surface area contributed by atoms with Gasteiger partial charge in [-0.3, -0.25) is 4.79 Å². The van der Waals surface area contributed by atoms with Crippen molar-refractivity contribution in [3.8, 4) is 5.75 Å². The molecule has 21 heavy (non-hydrogen) atoms. The van der Waals surface area contributed by atoms with Gasteiger partial charge < -0.3 is 19.7 Å². The quantitative estimate of drug-likeness (QED) is 0.873. The van der Waals surface area contributed by atoms with Crippen LogP contribution in [-0.4, -0.2) is 56.8 Å². The fourth-order valence-electron chi connectivity index (χ4n) is 2.00. The number of hydrogen-bond donors (Lipinski definition) is 1. The number of benzene rings is 1. The molecule has 1 aromatic rings. The number of hydrogen-bond acceptors (Lipinski definition) is 4. The molecule has 5 nitrogen and oxygen atoms in total. The van der Waals surface area contributed by atoms with Gasteiger partial charge >= 0.3 is 0 Å². The molecule has 1 fully saturated rings. The summed E-state index contributed by atoms with van der Waals surface area (Å²) in [5, 5.41) is 2.66. The molecule has 116 valence electrons. The van der Waals surface area contributed by atoms with Crippen LogP contribution in [0.2, 0.25) is 0 Å². The minimum Gasteiger partial charge on any atom is -0.481 e. The van der Waals surface area contributed by atoms with Crippen LogP contribution in [-0.2, 0) is 9.53 Å². The van der Waals surface area contributed by atoms with E-state index in [0.717, 1.165) is 25.2 Å². The molecule has 1 heterocycles. The monoisotopic (exact) mass is 300 g/mol. The van der Waals surface area contributed by atoms with Gasteiger partial charge in [-0.15, -0.1) is 0 Å². The van der Waals surface area contributed by atoms with Crippen LogP contribution >= 0.6 is 0 Å². The first-order valence-electron chi connectivity index (χ1n) is 6.69. The van der Waals surface area contributed by atoms with Crippen LogP contribution in [0, 0.1) is 11.6 Å². The van der Waals surface area contributed by atoms with Gasteiger partial charge in [0.1, 0.15) is 5.82 Å². The van der Waals surface area contributed by atoms with E-state index in [1.165, 1.54) is 0 Å². The maximum Gasteiger partial charge on any atom is 0.258 e. The van der Waals surface area contributed by atoms with Gasteiger partial charge in [-0.2, -0.15) is 0 Å². The number of halogens is 2. The summed E-state index contributed by atoms with van der Waals surface area (Å²) in [4.78, 5) is 13.7. The Hall–Kier alpha value is -1.73. The van der Waals surface area contributed by atoms with E-state index in [1.807, 2.05) is 7.05 Å². The summed E-state index contributed by atoms with van der Waals surface area (Å²) >= 11 is 0. The van der Waals surface area contributed by atoms with E-state index in [0.29, 0.717) is 19.2 Å². The van der Waals surface area contributed by atoms with Crippen molar-refractivity contribution in [2.75, 3.05) is 39.9 Å². The smallest absolute Gasteiger partial charge is 0.258 e. The van der Waals surface area contributed by atoms with Gasteiger partial charge in [-0.25, -0.2) is 8.78 Å². The van der Waals surface area contributed by atoms with Crippen molar-refractivity contribution in [2.45, 2.75) is 6.10 Å². The zero-order chi connectivity index (χ0) is 15.2. The predicted octanol–water partition coefficient (Wildman–Crippen LogP) is 0.790. The molecule has 1 atom stereocenters. The molecule has 1 aliphatic heterocycles. The molecule has 1 aliphatic rings. The number of carbonyl (C=O) groups excluding carboxylic acids is 1. The molecule has 1 N–H and O–H groups in total. The van der Waals surface area contributed by atoms with E-state index < -0.39 is 11.6 Å². The van der Waals surface area contributed by atoms with Gasteiger partial charge in [0.15, 0.2) is 18.2 Å². The fraction of sp³-hybridized carbons (Fsp3) is 0.500. The van der Waals surface area contributed by atoms with E-state index in [9.17, 15) is 13.6 Å². The van der Waals surface area contributed by atoms with Crippen LogP contribution in [0.3, 0.4) is 0 Å². The summed E-state index contributed by atoms with van der Waals surface area (Å²) in [5.41, 5.74) is 0. The van der Waals surface area contributed by atoms with Crippen LogP contribution in [0.1, 0.15) is 0 Å². The lowest BCUT2D eigenvalue weighted by atomic mass is 10.3. The van der Waals surface area contributed by atoms with E-state index in [2.05, 4.69) is 10.2 Å². The van der Waals surface area contributed by atoms with Gasteiger partial charge in [-0.1, -0.05) is 0 Å². The largest absolute Gasteiger partial charge is 0.481 e. The molecule has 0 aromatic heterocycles. The van der Waals surface area contributed by atoms with Crippen molar-refractivity contribution in [3.05, 3.63) is 29.8 Å². The van der Waals surface area contributed by atoms with E-state index >= 15 is 0 Å². The lowest BCUT2D eigenvalue weighted by Gasteiger charge is -2.30. The average molecular weight is 300 g/mol. The summed E-state index contributed by atoms with van der Waals surface area (Å²) in [6.07, 6.45) is -0.0599. The second-order valence-electron chi connectivity index (χ2n) is 4.92. The van der Waals surface area contributed by atoms with E-state index in [1.54, 1.807) is 0 Å². The molecular formula is C14H18F2N2O3. The molecule has 0 unspecified atom stereocenters. The first-order valence-corrected chi connectivity index (χ1v) is 6.69. The molecule has 0 bridgehead atoms. The Morgan fingerprint density at radius 3 is 3.05 bits per heavy atom.